The normalized spacial score (nSPS) is 10.5. The van der Waals surface area contributed by atoms with E-state index < -0.39 is 0 Å². The van der Waals surface area contributed by atoms with E-state index in [1.807, 2.05) is 30.3 Å². The molecule has 0 bridgehead atoms. The molecule has 0 fully saturated rings. The Morgan fingerprint density at radius 3 is 2.17 bits per heavy atom. The number of anilines is 3. The molecular formula is C14H17N3O. The molecule has 0 unspecified atom stereocenters. The molecule has 7 N–H and O–H groups in total. The smallest absolute Gasteiger partial charge is 0.0472 e. The van der Waals surface area contributed by atoms with Crippen LogP contribution in [0.2, 0.25) is 0 Å². The van der Waals surface area contributed by atoms with Gasteiger partial charge >= 0.3 is 0 Å². The van der Waals surface area contributed by atoms with Crippen LogP contribution >= 0.6 is 0 Å². The SMILES string of the molecule is Nc1ccc(-c2cc(N)cc(N)c2CCO)cc1. The first-order valence-corrected chi connectivity index (χ1v) is 5.76. The Morgan fingerprint density at radius 1 is 0.889 bits per heavy atom. The van der Waals surface area contributed by atoms with Crippen molar-refractivity contribution >= 4 is 17.1 Å². The van der Waals surface area contributed by atoms with Crippen molar-refractivity contribution < 1.29 is 5.11 Å². The topological polar surface area (TPSA) is 98.3 Å². The molecule has 0 atom stereocenters. The van der Waals surface area contributed by atoms with Gasteiger partial charge in [0.15, 0.2) is 0 Å². The molecule has 0 saturated carbocycles. The first kappa shape index (κ1) is 12.3. The highest BCUT2D eigenvalue weighted by Crippen LogP contribution is 2.31. The second kappa shape index (κ2) is 4.98. The second-order valence-electron chi connectivity index (χ2n) is 4.23. The molecule has 0 amide bonds. The first-order valence-electron chi connectivity index (χ1n) is 5.76. The van der Waals surface area contributed by atoms with Crippen molar-refractivity contribution in [3.63, 3.8) is 0 Å². The molecule has 0 aliphatic carbocycles. The molecule has 0 aliphatic rings. The summed E-state index contributed by atoms with van der Waals surface area (Å²) in [5.74, 6) is 0. The van der Waals surface area contributed by atoms with Crippen LogP contribution in [0.25, 0.3) is 11.1 Å². The van der Waals surface area contributed by atoms with Gasteiger partial charge in [-0.05, 0) is 47.4 Å². The number of aliphatic hydroxyl groups is 1. The molecule has 0 radical (unpaired) electrons. The maximum Gasteiger partial charge on any atom is 0.0472 e. The quantitative estimate of drug-likeness (QED) is 0.616. The molecule has 4 heteroatoms. The van der Waals surface area contributed by atoms with Gasteiger partial charge in [-0.15, -0.1) is 0 Å². The Kier molecular flexibility index (Phi) is 3.39. The Bertz CT molecular complexity index is 550. The van der Waals surface area contributed by atoms with E-state index in [9.17, 15) is 0 Å². The van der Waals surface area contributed by atoms with Gasteiger partial charge in [0.05, 0.1) is 0 Å². The third-order valence-corrected chi connectivity index (χ3v) is 2.89. The minimum absolute atomic E-state index is 0.0517. The first-order chi connectivity index (χ1) is 8.61. The Morgan fingerprint density at radius 2 is 1.56 bits per heavy atom. The van der Waals surface area contributed by atoms with Crippen LogP contribution in [-0.4, -0.2) is 11.7 Å². The van der Waals surface area contributed by atoms with Crippen molar-refractivity contribution in [2.75, 3.05) is 23.8 Å². The van der Waals surface area contributed by atoms with Gasteiger partial charge in [-0.2, -0.15) is 0 Å². The summed E-state index contributed by atoms with van der Waals surface area (Å²) in [5.41, 5.74) is 22.2. The standard InChI is InChI=1S/C14H17N3O/c15-10-3-1-9(2-4-10)13-7-11(16)8-14(17)12(13)5-6-18/h1-4,7-8,18H,5-6,15-17H2. The molecule has 94 valence electrons. The average molecular weight is 243 g/mol. The molecule has 0 heterocycles. The molecule has 2 aromatic rings. The lowest BCUT2D eigenvalue weighted by molar-refractivity contribution is 0.300. The van der Waals surface area contributed by atoms with E-state index in [1.54, 1.807) is 6.07 Å². The van der Waals surface area contributed by atoms with Gasteiger partial charge in [0, 0.05) is 23.7 Å². The summed E-state index contributed by atoms with van der Waals surface area (Å²) in [6, 6.07) is 11.1. The van der Waals surface area contributed by atoms with Crippen LogP contribution in [0, 0.1) is 0 Å². The predicted molar refractivity (Wildman–Crippen MR) is 75.9 cm³/mol. The number of aliphatic hydroxyl groups excluding tert-OH is 1. The van der Waals surface area contributed by atoms with Crippen molar-refractivity contribution in [1.82, 2.24) is 0 Å². The Labute approximate surface area is 106 Å². The molecule has 2 aromatic carbocycles. The fraction of sp³-hybridized carbons (Fsp3) is 0.143. The molecule has 0 aromatic heterocycles. The number of nitrogens with two attached hydrogens (primary N) is 3. The van der Waals surface area contributed by atoms with Gasteiger partial charge in [0.25, 0.3) is 0 Å². The number of rotatable bonds is 3. The minimum atomic E-state index is 0.0517. The summed E-state index contributed by atoms with van der Waals surface area (Å²) < 4.78 is 0. The van der Waals surface area contributed by atoms with Crippen molar-refractivity contribution in [2.24, 2.45) is 0 Å². The minimum Gasteiger partial charge on any atom is -0.399 e. The van der Waals surface area contributed by atoms with E-state index in [0.29, 0.717) is 23.5 Å². The zero-order valence-electron chi connectivity index (χ0n) is 10.1. The summed E-state index contributed by atoms with van der Waals surface area (Å²) in [6.45, 7) is 0.0517. The van der Waals surface area contributed by atoms with Crippen molar-refractivity contribution in [1.29, 1.82) is 0 Å². The second-order valence-corrected chi connectivity index (χ2v) is 4.23. The van der Waals surface area contributed by atoms with Gasteiger partial charge in [-0.1, -0.05) is 12.1 Å². The fourth-order valence-corrected chi connectivity index (χ4v) is 2.03. The van der Waals surface area contributed by atoms with Crippen LogP contribution in [-0.2, 0) is 6.42 Å². The van der Waals surface area contributed by atoms with E-state index in [4.69, 9.17) is 22.3 Å². The summed E-state index contributed by atoms with van der Waals surface area (Å²) in [4.78, 5) is 0. The third kappa shape index (κ3) is 2.38. The average Bonchev–Trinajstić information content (AvgIpc) is 2.33. The molecule has 18 heavy (non-hydrogen) atoms. The number of hydrogen-bond donors (Lipinski definition) is 4. The number of hydrogen-bond acceptors (Lipinski definition) is 4. The molecule has 2 rings (SSSR count). The lowest BCUT2D eigenvalue weighted by atomic mass is 9.95. The molecular weight excluding hydrogens is 226 g/mol. The molecule has 0 aliphatic heterocycles. The number of nitrogen functional groups attached to an aromatic ring is 3. The van der Waals surface area contributed by atoms with Crippen molar-refractivity contribution in [3.05, 3.63) is 42.0 Å². The van der Waals surface area contributed by atoms with Gasteiger partial charge in [-0.3, -0.25) is 0 Å². The van der Waals surface area contributed by atoms with Crippen LogP contribution in [0.15, 0.2) is 36.4 Å². The van der Waals surface area contributed by atoms with Gasteiger partial charge in [-0.25, -0.2) is 0 Å². The lowest BCUT2D eigenvalue weighted by Crippen LogP contribution is -2.02. The van der Waals surface area contributed by atoms with Gasteiger partial charge in [0.1, 0.15) is 0 Å². The van der Waals surface area contributed by atoms with Crippen molar-refractivity contribution in [2.45, 2.75) is 6.42 Å². The van der Waals surface area contributed by atoms with Crippen LogP contribution in [0.3, 0.4) is 0 Å². The maximum absolute atomic E-state index is 9.12. The zero-order chi connectivity index (χ0) is 13.1. The van der Waals surface area contributed by atoms with Crippen LogP contribution in [0.5, 0.6) is 0 Å². The highest BCUT2D eigenvalue weighted by molar-refractivity contribution is 5.78. The van der Waals surface area contributed by atoms with E-state index >= 15 is 0 Å². The Balaban J connectivity index is 2.57. The Hall–Kier alpha value is -2.20. The third-order valence-electron chi connectivity index (χ3n) is 2.89. The largest absolute Gasteiger partial charge is 0.399 e. The highest BCUT2D eigenvalue weighted by atomic mass is 16.2. The van der Waals surface area contributed by atoms with Crippen LogP contribution in [0.4, 0.5) is 17.1 Å². The highest BCUT2D eigenvalue weighted by Gasteiger charge is 2.09. The summed E-state index contributed by atoms with van der Waals surface area (Å²) in [7, 11) is 0. The lowest BCUT2D eigenvalue weighted by Gasteiger charge is -2.13. The van der Waals surface area contributed by atoms with Crippen molar-refractivity contribution in [3.8, 4) is 11.1 Å². The monoisotopic (exact) mass is 243 g/mol. The van der Waals surface area contributed by atoms with E-state index in [2.05, 4.69) is 0 Å². The van der Waals surface area contributed by atoms with Crippen LogP contribution < -0.4 is 17.2 Å². The molecule has 0 saturated heterocycles. The fourth-order valence-electron chi connectivity index (χ4n) is 2.03. The van der Waals surface area contributed by atoms with Gasteiger partial charge < -0.3 is 22.3 Å². The summed E-state index contributed by atoms with van der Waals surface area (Å²) in [6.07, 6.45) is 0.506. The summed E-state index contributed by atoms with van der Waals surface area (Å²) in [5, 5.41) is 9.12. The number of benzene rings is 2. The maximum atomic E-state index is 9.12. The van der Waals surface area contributed by atoms with Gasteiger partial charge in [0.2, 0.25) is 0 Å². The van der Waals surface area contributed by atoms with E-state index in [0.717, 1.165) is 16.7 Å². The van der Waals surface area contributed by atoms with E-state index in [-0.39, 0.29) is 6.61 Å². The summed E-state index contributed by atoms with van der Waals surface area (Å²) >= 11 is 0. The van der Waals surface area contributed by atoms with Crippen LogP contribution in [0.1, 0.15) is 5.56 Å². The molecule has 4 nitrogen and oxygen atoms in total. The zero-order valence-corrected chi connectivity index (χ0v) is 10.1. The predicted octanol–water partition coefficient (Wildman–Crippen LogP) is 1.64. The van der Waals surface area contributed by atoms with E-state index in [1.165, 1.54) is 0 Å². The molecule has 0 spiro atoms.